The molecule has 1 aliphatic heterocycles. The second-order valence-corrected chi connectivity index (χ2v) is 13.8. The summed E-state index contributed by atoms with van der Waals surface area (Å²) in [7, 11) is 2.27. The van der Waals surface area contributed by atoms with Crippen LogP contribution in [0.3, 0.4) is 0 Å². The molecular formula is C38H40F6N2O5. The zero-order valence-corrected chi connectivity index (χ0v) is 29.1. The number of alkyl halides is 6. The Hall–Kier alpha value is -4.52. The smallest absolute Gasteiger partial charge is 0.430 e. The Morgan fingerprint density at radius 2 is 1.67 bits per heavy atom. The zero-order valence-electron chi connectivity index (χ0n) is 29.1. The largest absolute Gasteiger partial charge is 0.496 e. The molecule has 3 aromatic rings. The molecule has 1 saturated heterocycles. The van der Waals surface area contributed by atoms with Crippen molar-refractivity contribution >= 4 is 23.3 Å². The number of aryl methyl sites for hydroxylation is 1. The van der Waals surface area contributed by atoms with Crippen molar-refractivity contribution < 1.29 is 50.1 Å². The van der Waals surface area contributed by atoms with Crippen molar-refractivity contribution in [3.05, 3.63) is 100 Å². The summed E-state index contributed by atoms with van der Waals surface area (Å²) in [6.45, 7) is 7.49. The quantitative estimate of drug-likeness (QED) is 0.223. The second-order valence-electron chi connectivity index (χ2n) is 13.8. The molecule has 3 aromatic carbocycles. The molecule has 274 valence electrons. The van der Waals surface area contributed by atoms with Crippen molar-refractivity contribution in [2.24, 2.45) is 5.41 Å². The van der Waals surface area contributed by atoms with Crippen LogP contribution in [0, 0.1) is 12.3 Å². The van der Waals surface area contributed by atoms with E-state index in [1.165, 1.54) is 54.5 Å². The predicted molar refractivity (Wildman–Crippen MR) is 179 cm³/mol. The summed E-state index contributed by atoms with van der Waals surface area (Å²) in [5.41, 5.74) is -1.94. The summed E-state index contributed by atoms with van der Waals surface area (Å²) >= 11 is 0. The standard InChI is InChI=1S/C38H40F6N2O5/c1-22-16-24(18-27(17-22)37(39,40)41)32-23(2)46(34(48)51-32)21-25-20-35(3,4)15-14-29(25)30-19-28(12-13-31(30)49-5)45-33(47)36(50-6,38(42,43)44)26-10-8-7-9-11-26/h7-13,16-19,23,32H,14-15,20-21H2,1-6H3,(H,45,47)/t23-,32-,36+/m0/s1. The molecule has 0 unspecified atom stereocenters. The Morgan fingerprint density at radius 3 is 2.27 bits per heavy atom. The van der Waals surface area contributed by atoms with Crippen molar-refractivity contribution in [1.29, 1.82) is 0 Å². The molecule has 1 aliphatic carbocycles. The maximum absolute atomic E-state index is 14.6. The van der Waals surface area contributed by atoms with Crippen LogP contribution in [-0.4, -0.2) is 49.9 Å². The van der Waals surface area contributed by atoms with Crippen molar-refractivity contribution in [3.8, 4) is 5.75 Å². The first-order valence-electron chi connectivity index (χ1n) is 16.4. The number of hydrogen-bond acceptors (Lipinski definition) is 5. The second kappa shape index (κ2) is 13.9. The van der Waals surface area contributed by atoms with Crippen LogP contribution in [0.1, 0.15) is 74.0 Å². The number of carbonyl (C=O) groups excluding carboxylic acids is 2. The minimum atomic E-state index is -5.11. The Labute approximate surface area is 292 Å². The lowest BCUT2D eigenvalue weighted by atomic mass is 9.72. The number of allylic oxidation sites excluding steroid dienone is 1. The third kappa shape index (κ3) is 7.44. The van der Waals surface area contributed by atoms with E-state index in [2.05, 4.69) is 19.2 Å². The van der Waals surface area contributed by atoms with Gasteiger partial charge in [0.05, 0.1) is 18.7 Å². The number of rotatable bonds is 9. The van der Waals surface area contributed by atoms with Crippen LogP contribution in [0.2, 0.25) is 0 Å². The fraction of sp³-hybridized carbons (Fsp3) is 0.421. The summed E-state index contributed by atoms with van der Waals surface area (Å²) in [5, 5.41) is 2.40. The molecule has 1 heterocycles. The summed E-state index contributed by atoms with van der Waals surface area (Å²) in [4.78, 5) is 28.3. The molecule has 2 aliphatic rings. The Morgan fingerprint density at radius 1 is 0.980 bits per heavy atom. The molecule has 0 spiro atoms. The third-order valence-corrected chi connectivity index (χ3v) is 9.67. The first-order chi connectivity index (χ1) is 23.8. The minimum Gasteiger partial charge on any atom is -0.496 e. The number of amides is 2. The summed E-state index contributed by atoms with van der Waals surface area (Å²) in [6.07, 6.45) is -9.56. The zero-order chi connectivity index (χ0) is 37.5. The van der Waals surface area contributed by atoms with Gasteiger partial charge < -0.3 is 19.5 Å². The number of nitrogens with one attached hydrogen (secondary N) is 1. The van der Waals surface area contributed by atoms with Gasteiger partial charge in [-0.3, -0.25) is 9.69 Å². The van der Waals surface area contributed by atoms with Gasteiger partial charge in [-0.15, -0.1) is 0 Å². The SMILES string of the molecule is COc1ccc(NC(=O)[C@](OC)(c2ccccc2)C(F)(F)F)cc1C1=C(CN2C(=O)O[C@H](c3cc(C)cc(C(F)(F)F)c3)[C@@H]2C)CC(C)(C)CC1. The van der Waals surface area contributed by atoms with Gasteiger partial charge in [-0.05, 0) is 85.6 Å². The predicted octanol–water partition coefficient (Wildman–Crippen LogP) is 9.61. The van der Waals surface area contributed by atoms with Crippen LogP contribution >= 0.6 is 0 Å². The van der Waals surface area contributed by atoms with Gasteiger partial charge >= 0.3 is 18.4 Å². The molecule has 0 aromatic heterocycles. The van der Waals surface area contributed by atoms with Gasteiger partial charge in [0.15, 0.2) is 0 Å². The van der Waals surface area contributed by atoms with Crippen LogP contribution in [0.5, 0.6) is 5.75 Å². The van der Waals surface area contributed by atoms with E-state index in [9.17, 15) is 35.9 Å². The van der Waals surface area contributed by atoms with Crippen LogP contribution in [0.25, 0.3) is 5.57 Å². The van der Waals surface area contributed by atoms with Crippen LogP contribution in [0.4, 0.5) is 36.8 Å². The van der Waals surface area contributed by atoms with E-state index in [1.807, 2.05) is 0 Å². The number of carbonyl (C=O) groups is 2. The number of anilines is 1. The molecule has 0 saturated carbocycles. The van der Waals surface area contributed by atoms with Crippen molar-refractivity contribution in [2.75, 3.05) is 26.1 Å². The fourth-order valence-corrected chi connectivity index (χ4v) is 7.06. The van der Waals surface area contributed by atoms with E-state index in [0.29, 0.717) is 29.7 Å². The highest BCUT2D eigenvalue weighted by atomic mass is 19.4. The molecule has 2 amide bonds. The summed E-state index contributed by atoms with van der Waals surface area (Å²) in [5.74, 6) is -1.05. The van der Waals surface area contributed by atoms with Gasteiger partial charge in [0.2, 0.25) is 0 Å². The van der Waals surface area contributed by atoms with E-state index in [4.69, 9.17) is 14.2 Å². The fourth-order valence-electron chi connectivity index (χ4n) is 7.06. The number of ether oxygens (including phenoxy) is 3. The van der Waals surface area contributed by atoms with E-state index >= 15 is 0 Å². The number of benzene rings is 3. The number of methoxy groups -OCH3 is 2. The van der Waals surface area contributed by atoms with E-state index in [0.717, 1.165) is 36.8 Å². The Balaban J connectivity index is 1.52. The summed E-state index contributed by atoms with van der Waals surface area (Å²) < 4.78 is 101. The first kappa shape index (κ1) is 37.7. The molecule has 0 bridgehead atoms. The number of cyclic esters (lactones) is 1. The van der Waals surface area contributed by atoms with Crippen molar-refractivity contribution in [2.45, 2.75) is 77.1 Å². The lowest BCUT2D eigenvalue weighted by molar-refractivity contribution is -0.263. The molecule has 13 heteroatoms. The van der Waals surface area contributed by atoms with Gasteiger partial charge in [0.25, 0.3) is 11.5 Å². The summed E-state index contributed by atoms with van der Waals surface area (Å²) in [6, 6.07) is 14.1. The molecule has 1 N–H and O–H groups in total. The van der Waals surface area contributed by atoms with Crippen LogP contribution in [-0.2, 0) is 26.0 Å². The first-order valence-corrected chi connectivity index (χ1v) is 16.4. The molecule has 0 radical (unpaired) electrons. The maximum Gasteiger partial charge on any atom is 0.430 e. The van der Waals surface area contributed by atoms with E-state index in [1.54, 1.807) is 26.0 Å². The minimum absolute atomic E-state index is 0.0584. The van der Waals surface area contributed by atoms with Crippen molar-refractivity contribution in [1.82, 2.24) is 4.90 Å². The van der Waals surface area contributed by atoms with Crippen LogP contribution in [0.15, 0.2) is 72.3 Å². The average molecular weight is 719 g/mol. The Kier molecular flexibility index (Phi) is 10.3. The highest BCUT2D eigenvalue weighted by molar-refractivity contribution is 5.99. The Bertz CT molecular complexity index is 1820. The van der Waals surface area contributed by atoms with E-state index < -0.39 is 53.2 Å². The molecule has 51 heavy (non-hydrogen) atoms. The lowest BCUT2D eigenvalue weighted by Crippen LogP contribution is -2.53. The molecule has 5 rings (SSSR count). The highest BCUT2D eigenvalue weighted by Gasteiger charge is 2.62. The normalized spacial score (nSPS) is 20.5. The maximum atomic E-state index is 14.6. The number of hydrogen-bond donors (Lipinski definition) is 1. The number of halogens is 6. The van der Waals surface area contributed by atoms with Crippen LogP contribution < -0.4 is 10.1 Å². The highest BCUT2D eigenvalue weighted by Crippen LogP contribution is 2.47. The number of nitrogens with zero attached hydrogens (tertiary/aromatic N) is 1. The van der Waals surface area contributed by atoms with Gasteiger partial charge in [0, 0.05) is 30.5 Å². The average Bonchev–Trinajstić information content (AvgIpc) is 3.32. The molecular weight excluding hydrogens is 678 g/mol. The van der Waals surface area contributed by atoms with Gasteiger partial charge in [0.1, 0.15) is 11.9 Å². The lowest BCUT2D eigenvalue weighted by Gasteiger charge is -2.36. The van der Waals surface area contributed by atoms with E-state index in [-0.39, 0.29) is 23.2 Å². The van der Waals surface area contributed by atoms with Gasteiger partial charge in [-0.2, -0.15) is 26.3 Å². The van der Waals surface area contributed by atoms with Gasteiger partial charge in [-0.25, -0.2) is 4.79 Å². The molecule has 3 atom stereocenters. The topological polar surface area (TPSA) is 77.1 Å². The molecule has 1 fully saturated rings. The monoisotopic (exact) mass is 718 g/mol. The van der Waals surface area contributed by atoms with Crippen molar-refractivity contribution in [3.63, 3.8) is 0 Å². The third-order valence-electron chi connectivity index (χ3n) is 9.67. The molecule has 7 nitrogen and oxygen atoms in total. The van der Waals surface area contributed by atoms with Gasteiger partial charge in [-0.1, -0.05) is 55.8 Å².